The van der Waals surface area contributed by atoms with Gasteiger partial charge in [0, 0.05) is 31.5 Å². The second kappa shape index (κ2) is 7.57. The molecule has 0 unspecified atom stereocenters. The van der Waals surface area contributed by atoms with Crippen LogP contribution in [0.3, 0.4) is 0 Å². The van der Waals surface area contributed by atoms with Gasteiger partial charge in [-0.3, -0.25) is 9.88 Å². The van der Waals surface area contributed by atoms with Gasteiger partial charge in [0.2, 0.25) is 0 Å². The Kier molecular flexibility index (Phi) is 5.26. The van der Waals surface area contributed by atoms with Crippen LogP contribution in [0.15, 0.2) is 48.8 Å². The van der Waals surface area contributed by atoms with E-state index in [2.05, 4.69) is 16.0 Å². The monoisotopic (exact) mass is 312 g/mol. The lowest BCUT2D eigenvalue weighted by molar-refractivity contribution is 0.0665. The Hall–Kier alpha value is -1.91. The smallest absolute Gasteiger partial charge is 0.115 e. The van der Waals surface area contributed by atoms with Crippen molar-refractivity contribution in [3.8, 4) is 5.75 Å². The van der Waals surface area contributed by atoms with Crippen molar-refractivity contribution in [2.45, 2.75) is 50.9 Å². The zero-order valence-electron chi connectivity index (χ0n) is 13.3. The van der Waals surface area contributed by atoms with E-state index in [1.54, 1.807) is 6.07 Å². The number of aromatic nitrogens is 1. The molecular weight excluding hydrogens is 288 g/mol. The molecule has 0 spiro atoms. The van der Waals surface area contributed by atoms with Gasteiger partial charge >= 0.3 is 0 Å². The van der Waals surface area contributed by atoms with E-state index < -0.39 is 0 Å². The van der Waals surface area contributed by atoms with E-state index in [1.165, 1.54) is 5.56 Å². The highest BCUT2D eigenvalue weighted by molar-refractivity contribution is 5.27. The highest BCUT2D eigenvalue weighted by atomic mass is 16.3. The van der Waals surface area contributed by atoms with Gasteiger partial charge < -0.3 is 10.2 Å². The van der Waals surface area contributed by atoms with Crippen LogP contribution in [0.1, 0.15) is 36.8 Å². The van der Waals surface area contributed by atoms with Gasteiger partial charge in [-0.25, -0.2) is 0 Å². The minimum atomic E-state index is -0.144. The van der Waals surface area contributed by atoms with Gasteiger partial charge in [0.1, 0.15) is 5.75 Å². The third kappa shape index (κ3) is 4.53. The standard InChI is InChI=1S/C19H24N2O2/c22-18-6-4-17(5-7-18)21(13-15-8-10-20-11-9-15)14-16-2-1-3-19(23)12-16/h1-3,8-12,17-18,22-23H,4-7,13-14H2. The quantitative estimate of drug-likeness (QED) is 0.891. The van der Waals surface area contributed by atoms with Crippen molar-refractivity contribution in [1.82, 2.24) is 9.88 Å². The van der Waals surface area contributed by atoms with Crippen LogP contribution in [0.25, 0.3) is 0 Å². The molecule has 0 saturated heterocycles. The summed E-state index contributed by atoms with van der Waals surface area (Å²) in [7, 11) is 0. The van der Waals surface area contributed by atoms with Crippen molar-refractivity contribution in [2.24, 2.45) is 0 Å². The number of rotatable bonds is 5. The number of phenolic OH excluding ortho intramolecular Hbond substituents is 1. The van der Waals surface area contributed by atoms with Crippen LogP contribution in [-0.2, 0) is 13.1 Å². The zero-order valence-corrected chi connectivity index (χ0v) is 13.3. The average Bonchev–Trinajstić information content (AvgIpc) is 2.56. The normalized spacial score (nSPS) is 21.5. The van der Waals surface area contributed by atoms with E-state index in [0.29, 0.717) is 11.8 Å². The van der Waals surface area contributed by atoms with Crippen molar-refractivity contribution >= 4 is 0 Å². The first-order valence-corrected chi connectivity index (χ1v) is 8.29. The Morgan fingerprint density at radius 3 is 2.35 bits per heavy atom. The van der Waals surface area contributed by atoms with Gasteiger partial charge in [0.15, 0.2) is 0 Å². The molecule has 0 amide bonds. The molecule has 3 rings (SSSR count). The molecule has 1 saturated carbocycles. The topological polar surface area (TPSA) is 56.6 Å². The van der Waals surface area contributed by atoms with Crippen molar-refractivity contribution in [3.63, 3.8) is 0 Å². The summed E-state index contributed by atoms with van der Waals surface area (Å²) < 4.78 is 0. The second-order valence-corrected chi connectivity index (χ2v) is 6.39. The first-order valence-electron chi connectivity index (χ1n) is 8.29. The summed E-state index contributed by atoms with van der Waals surface area (Å²) in [6.45, 7) is 1.66. The van der Waals surface area contributed by atoms with E-state index in [-0.39, 0.29) is 6.10 Å². The second-order valence-electron chi connectivity index (χ2n) is 6.39. The maximum absolute atomic E-state index is 9.76. The molecule has 0 aliphatic heterocycles. The van der Waals surface area contributed by atoms with Crippen LogP contribution >= 0.6 is 0 Å². The molecule has 1 aromatic carbocycles. The Morgan fingerprint density at radius 1 is 0.957 bits per heavy atom. The number of phenols is 1. The fourth-order valence-corrected chi connectivity index (χ4v) is 3.35. The maximum Gasteiger partial charge on any atom is 0.115 e. The largest absolute Gasteiger partial charge is 0.508 e. The minimum absolute atomic E-state index is 0.144. The summed E-state index contributed by atoms with van der Waals surface area (Å²) in [6, 6.07) is 12.0. The third-order valence-corrected chi connectivity index (χ3v) is 4.61. The summed E-state index contributed by atoms with van der Waals surface area (Å²) in [4.78, 5) is 6.54. The predicted molar refractivity (Wildman–Crippen MR) is 89.9 cm³/mol. The average molecular weight is 312 g/mol. The summed E-state index contributed by atoms with van der Waals surface area (Å²) >= 11 is 0. The van der Waals surface area contributed by atoms with E-state index in [0.717, 1.165) is 44.3 Å². The summed E-state index contributed by atoms with van der Waals surface area (Å²) in [5, 5.41) is 19.5. The number of aliphatic hydroxyl groups excluding tert-OH is 1. The summed E-state index contributed by atoms with van der Waals surface area (Å²) in [6.07, 6.45) is 7.29. The number of benzene rings is 1. The van der Waals surface area contributed by atoms with Crippen LogP contribution in [0.4, 0.5) is 0 Å². The molecule has 4 nitrogen and oxygen atoms in total. The van der Waals surface area contributed by atoms with Gasteiger partial charge in [-0.1, -0.05) is 12.1 Å². The third-order valence-electron chi connectivity index (χ3n) is 4.61. The summed E-state index contributed by atoms with van der Waals surface area (Å²) in [5.41, 5.74) is 2.36. The molecule has 1 aromatic heterocycles. The Bertz CT molecular complexity index is 610. The van der Waals surface area contributed by atoms with Crippen molar-refractivity contribution in [1.29, 1.82) is 0 Å². The fraction of sp³-hybridized carbons (Fsp3) is 0.421. The number of hydrogen-bond acceptors (Lipinski definition) is 4. The molecule has 0 bridgehead atoms. The Balaban J connectivity index is 1.75. The van der Waals surface area contributed by atoms with Gasteiger partial charge in [-0.2, -0.15) is 0 Å². The molecule has 0 radical (unpaired) electrons. The van der Waals surface area contributed by atoms with Crippen LogP contribution in [0, 0.1) is 0 Å². The van der Waals surface area contributed by atoms with Crippen LogP contribution in [0.2, 0.25) is 0 Å². The molecule has 1 aliphatic carbocycles. The van der Waals surface area contributed by atoms with E-state index >= 15 is 0 Å². The first kappa shape index (κ1) is 16.0. The maximum atomic E-state index is 9.76. The van der Waals surface area contributed by atoms with Crippen molar-refractivity contribution < 1.29 is 10.2 Å². The molecule has 2 aromatic rings. The molecule has 1 heterocycles. The molecule has 23 heavy (non-hydrogen) atoms. The summed E-state index contributed by atoms with van der Waals surface area (Å²) in [5.74, 6) is 0.311. The highest BCUT2D eigenvalue weighted by Crippen LogP contribution is 2.26. The lowest BCUT2D eigenvalue weighted by Gasteiger charge is -2.36. The Labute approximate surface area is 137 Å². The first-order chi connectivity index (χ1) is 11.2. The van der Waals surface area contributed by atoms with Crippen LogP contribution in [0.5, 0.6) is 5.75 Å². The van der Waals surface area contributed by atoms with Gasteiger partial charge in [-0.05, 0) is 61.1 Å². The molecule has 122 valence electrons. The molecule has 1 aliphatic rings. The van der Waals surface area contributed by atoms with Crippen LogP contribution in [-0.4, -0.2) is 32.2 Å². The van der Waals surface area contributed by atoms with Gasteiger partial charge in [0.25, 0.3) is 0 Å². The van der Waals surface area contributed by atoms with Gasteiger partial charge in [0.05, 0.1) is 6.10 Å². The molecule has 1 fully saturated rings. The number of nitrogens with zero attached hydrogens (tertiary/aromatic N) is 2. The van der Waals surface area contributed by atoms with E-state index in [1.807, 2.05) is 36.7 Å². The number of hydrogen-bond donors (Lipinski definition) is 2. The molecule has 0 atom stereocenters. The van der Waals surface area contributed by atoms with Crippen LogP contribution < -0.4 is 0 Å². The SMILES string of the molecule is Oc1cccc(CN(Cc2ccncc2)C2CCC(O)CC2)c1. The molecule has 4 heteroatoms. The van der Waals surface area contributed by atoms with Gasteiger partial charge in [-0.15, -0.1) is 0 Å². The van der Waals surface area contributed by atoms with E-state index in [4.69, 9.17) is 0 Å². The zero-order chi connectivity index (χ0) is 16.1. The number of aromatic hydroxyl groups is 1. The van der Waals surface area contributed by atoms with Crippen molar-refractivity contribution in [2.75, 3.05) is 0 Å². The van der Waals surface area contributed by atoms with Crippen molar-refractivity contribution in [3.05, 3.63) is 59.9 Å². The minimum Gasteiger partial charge on any atom is -0.508 e. The molecule has 2 N–H and O–H groups in total. The fourth-order valence-electron chi connectivity index (χ4n) is 3.35. The number of aliphatic hydroxyl groups is 1. The highest BCUT2D eigenvalue weighted by Gasteiger charge is 2.25. The molecular formula is C19H24N2O2. The van der Waals surface area contributed by atoms with E-state index in [9.17, 15) is 10.2 Å². The Morgan fingerprint density at radius 2 is 1.65 bits per heavy atom. The number of pyridine rings is 1. The lowest BCUT2D eigenvalue weighted by Crippen LogP contribution is -2.38. The predicted octanol–water partition coefficient (Wildman–Crippen LogP) is 3.09. The lowest BCUT2D eigenvalue weighted by atomic mass is 9.91.